The highest BCUT2D eigenvalue weighted by Gasteiger charge is 2.63. The van der Waals surface area contributed by atoms with Crippen molar-refractivity contribution in [3.63, 3.8) is 0 Å². The van der Waals surface area contributed by atoms with Gasteiger partial charge in [0.2, 0.25) is 5.78 Å². The van der Waals surface area contributed by atoms with Crippen LogP contribution >= 0.6 is 19.7 Å². The highest BCUT2D eigenvalue weighted by atomic mass is 32.2. The summed E-state index contributed by atoms with van der Waals surface area (Å²) < 4.78 is 12.9. The maximum absolute atomic E-state index is 15.0. The van der Waals surface area contributed by atoms with Crippen LogP contribution in [0.4, 0.5) is 0 Å². The summed E-state index contributed by atoms with van der Waals surface area (Å²) in [5, 5.41) is 8.20. The zero-order valence-electron chi connectivity index (χ0n) is 20.6. The average Bonchev–Trinajstić information content (AvgIpc) is 3.05. The summed E-state index contributed by atoms with van der Waals surface area (Å²) in [6.45, 7) is 4.36. The second-order valence-electron chi connectivity index (χ2n) is 10.8. The van der Waals surface area contributed by atoms with Gasteiger partial charge in [0.25, 0.3) is 0 Å². The molecule has 0 bridgehead atoms. The fourth-order valence-corrected chi connectivity index (χ4v) is 11.2. The SMILES string of the molecule is CC1(C)SC2(CCCCC2)N[C@H]1[P+]1([O-])Oc2ccc3ccccc3c2-c2c(ccc3ccccc23)O1. The number of fused-ring (bicyclic) bond motifs is 7. The predicted octanol–water partition coefficient (Wildman–Crippen LogP) is 7.66. The number of hydrogen-bond donors (Lipinski definition) is 1. The van der Waals surface area contributed by atoms with Crippen LogP contribution in [0.5, 0.6) is 11.5 Å². The normalized spacial score (nSPS) is 23.5. The molecule has 0 unspecified atom stereocenters. The standard InChI is InChI=1S/C30H30NO3PS/c1-29(2)28(31-30(36-29)18-8-3-9-19-30)35(32)33-24-16-14-20-10-4-6-12-22(20)26(24)27-23-13-7-5-11-21(23)15-17-25(27)34-35/h4-7,10-17,28,31H,3,8-9,18-19H2,1-2H3/t28-/m0/s1. The molecule has 184 valence electrons. The molecule has 1 aliphatic carbocycles. The van der Waals surface area contributed by atoms with Crippen LogP contribution in [-0.4, -0.2) is 15.4 Å². The first-order valence-corrected chi connectivity index (χ1v) is 15.3. The van der Waals surface area contributed by atoms with Crippen LogP contribution in [0, 0.1) is 0 Å². The fraction of sp³-hybridized carbons (Fsp3) is 0.333. The topological polar surface area (TPSA) is 53.5 Å². The van der Waals surface area contributed by atoms with Crippen LogP contribution in [0.2, 0.25) is 0 Å². The third-order valence-corrected chi connectivity index (χ3v) is 12.1. The molecule has 1 saturated heterocycles. The van der Waals surface area contributed by atoms with Crippen LogP contribution in [0.3, 0.4) is 0 Å². The number of nitrogens with one attached hydrogen (secondary N) is 1. The maximum Gasteiger partial charge on any atom is 0.350 e. The van der Waals surface area contributed by atoms with Crippen LogP contribution in [-0.2, 0) is 0 Å². The monoisotopic (exact) mass is 515 g/mol. The lowest BCUT2D eigenvalue weighted by Gasteiger charge is -2.37. The first kappa shape index (κ1) is 22.9. The van der Waals surface area contributed by atoms with Crippen molar-refractivity contribution in [1.82, 2.24) is 5.32 Å². The second-order valence-corrected chi connectivity index (χ2v) is 14.8. The van der Waals surface area contributed by atoms with E-state index in [2.05, 4.69) is 55.6 Å². The van der Waals surface area contributed by atoms with Gasteiger partial charge in [0, 0.05) is 11.1 Å². The van der Waals surface area contributed by atoms with Crippen molar-refractivity contribution >= 4 is 41.3 Å². The Hall–Kier alpha value is -2.30. The highest BCUT2D eigenvalue weighted by Crippen LogP contribution is 2.69. The van der Waals surface area contributed by atoms with E-state index in [-0.39, 0.29) is 9.62 Å². The fourth-order valence-electron chi connectivity index (χ4n) is 6.41. The molecule has 1 atom stereocenters. The lowest BCUT2D eigenvalue weighted by atomic mass is 9.92. The van der Waals surface area contributed by atoms with Crippen LogP contribution < -0.4 is 19.3 Å². The Morgan fingerprint density at radius 2 is 1.31 bits per heavy atom. The maximum atomic E-state index is 15.0. The predicted molar refractivity (Wildman–Crippen MR) is 149 cm³/mol. The summed E-state index contributed by atoms with van der Waals surface area (Å²) >= 11 is 1.92. The van der Waals surface area contributed by atoms with E-state index in [9.17, 15) is 4.89 Å². The van der Waals surface area contributed by atoms with E-state index >= 15 is 0 Å². The smallest absolute Gasteiger partial charge is 0.350 e. The quantitative estimate of drug-likeness (QED) is 0.264. The number of rotatable bonds is 1. The van der Waals surface area contributed by atoms with Crippen molar-refractivity contribution < 1.29 is 13.9 Å². The first-order valence-electron chi connectivity index (χ1n) is 12.9. The molecule has 2 aliphatic heterocycles. The zero-order chi connectivity index (χ0) is 24.5. The molecule has 7 rings (SSSR count). The lowest BCUT2D eigenvalue weighted by Crippen LogP contribution is -2.50. The molecular weight excluding hydrogens is 485 g/mol. The van der Waals surface area contributed by atoms with Gasteiger partial charge in [-0.3, -0.25) is 5.32 Å². The van der Waals surface area contributed by atoms with Gasteiger partial charge in [0.15, 0.2) is 11.5 Å². The number of benzene rings is 4. The van der Waals surface area contributed by atoms with Crippen molar-refractivity contribution in [2.45, 2.75) is 61.4 Å². The molecule has 4 aromatic carbocycles. The molecule has 6 heteroatoms. The Labute approximate surface area is 217 Å². The Balaban J connectivity index is 1.46. The van der Waals surface area contributed by atoms with Gasteiger partial charge in [-0.25, -0.2) is 0 Å². The molecule has 1 spiro atoms. The van der Waals surface area contributed by atoms with Gasteiger partial charge in [0.05, 0.1) is 9.62 Å². The summed E-state index contributed by atoms with van der Waals surface area (Å²) in [7, 11) is -3.67. The van der Waals surface area contributed by atoms with E-state index in [1.807, 2.05) is 48.2 Å². The van der Waals surface area contributed by atoms with E-state index in [0.29, 0.717) is 11.5 Å². The first-order chi connectivity index (χ1) is 17.4. The van der Waals surface area contributed by atoms with Crippen molar-refractivity contribution in [3.05, 3.63) is 72.8 Å². The van der Waals surface area contributed by atoms with Gasteiger partial charge >= 0.3 is 7.94 Å². The average molecular weight is 516 g/mol. The Kier molecular flexibility index (Phi) is 5.14. The third kappa shape index (κ3) is 3.48. The molecule has 3 aliphatic rings. The van der Waals surface area contributed by atoms with E-state index in [1.54, 1.807) is 0 Å². The molecule has 0 aromatic heterocycles. The minimum absolute atomic E-state index is 0.0682. The molecule has 1 saturated carbocycles. The Morgan fingerprint density at radius 1 is 0.778 bits per heavy atom. The molecular formula is C30H30NO3PS. The minimum Gasteiger partial charge on any atom is -0.615 e. The van der Waals surface area contributed by atoms with Crippen LogP contribution in [0.1, 0.15) is 46.0 Å². The van der Waals surface area contributed by atoms with Crippen LogP contribution in [0.25, 0.3) is 32.7 Å². The Bertz CT molecular complexity index is 1410. The highest BCUT2D eigenvalue weighted by molar-refractivity contribution is 8.02. The third-order valence-electron chi connectivity index (χ3n) is 7.98. The largest absolute Gasteiger partial charge is 0.615 e. The molecule has 2 heterocycles. The molecule has 4 nitrogen and oxygen atoms in total. The molecule has 4 aromatic rings. The molecule has 0 amide bonds. The Morgan fingerprint density at radius 3 is 1.86 bits per heavy atom. The molecule has 1 N–H and O–H groups in total. The van der Waals surface area contributed by atoms with E-state index in [4.69, 9.17) is 9.05 Å². The molecule has 2 fully saturated rings. The summed E-state index contributed by atoms with van der Waals surface area (Å²) in [5.41, 5.74) is 1.90. The van der Waals surface area contributed by atoms with Crippen LogP contribution in [0.15, 0.2) is 72.8 Å². The van der Waals surface area contributed by atoms with Gasteiger partial charge in [-0.1, -0.05) is 79.9 Å². The summed E-state index contributed by atoms with van der Waals surface area (Å²) in [4.78, 5) is 14.9. The van der Waals surface area contributed by atoms with Gasteiger partial charge < -0.3 is 13.9 Å². The van der Waals surface area contributed by atoms with E-state index in [0.717, 1.165) is 45.5 Å². The van der Waals surface area contributed by atoms with E-state index in [1.165, 1.54) is 19.3 Å². The van der Waals surface area contributed by atoms with Gasteiger partial charge in [-0.05, 0) is 60.4 Å². The lowest BCUT2D eigenvalue weighted by molar-refractivity contribution is -0.206. The minimum atomic E-state index is -3.67. The van der Waals surface area contributed by atoms with Gasteiger partial charge in [-0.15, -0.1) is 11.8 Å². The molecule has 36 heavy (non-hydrogen) atoms. The van der Waals surface area contributed by atoms with Gasteiger partial charge in [0.1, 0.15) is 0 Å². The van der Waals surface area contributed by atoms with Crippen molar-refractivity contribution in [2.75, 3.05) is 0 Å². The summed E-state index contributed by atoms with van der Waals surface area (Å²) in [6.07, 6.45) is 5.82. The zero-order valence-corrected chi connectivity index (χ0v) is 22.3. The number of thioether (sulfide) groups is 1. The van der Waals surface area contributed by atoms with Crippen molar-refractivity contribution in [3.8, 4) is 22.6 Å². The number of hydrogen-bond acceptors (Lipinski definition) is 5. The summed E-state index contributed by atoms with van der Waals surface area (Å²) in [6, 6.07) is 24.7. The molecule has 0 radical (unpaired) electrons. The second kappa shape index (κ2) is 8.10. The van der Waals surface area contributed by atoms with Gasteiger partial charge in [-0.2, -0.15) is 0 Å². The summed E-state index contributed by atoms with van der Waals surface area (Å²) in [5.74, 6) is 0.823. The van der Waals surface area contributed by atoms with E-state index < -0.39 is 13.7 Å². The van der Waals surface area contributed by atoms with Crippen molar-refractivity contribution in [2.24, 2.45) is 0 Å². The van der Waals surface area contributed by atoms with Crippen molar-refractivity contribution in [1.29, 1.82) is 0 Å².